The summed E-state index contributed by atoms with van der Waals surface area (Å²) in [6, 6.07) is 12.3. The van der Waals surface area contributed by atoms with Crippen LogP contribution in [0.1, 0.15) is 35.6 Å². The number of nitrogens with one attached hydrogen (secondary N) is 1. The lowest BCUT2D eigenvalue weighted by Gasteiger charge is -2.32. The molecular weight excluding hydrogens is 336 g/mol. The number of aromatic nitrogens is 4. The average molecular weight is 360 g/mol. The maximum absolute atomic E-state index is 4.47. The molecule has 138 valence electrons. The number of nitrogens with zero attached hydrogens (tertiary/aromatic N) is 5. The summed E-state index contributed by atoms with van der Waals surface area (Å²) in [4.78, 5) is 19.9. The molecule has 1 saturated heterocycles. The second-order valence-corrected chi connectivity index (χ2v) is 6.96. The van der Waals surface area contributed by atoms with Crippen LogP contribution >= 0.6 is 0 Å². The predicted molar refractivity (Wildman–Crippen MR) is 105 cm³/mol. The van der Waals surface area contributed by atoms with Gasteiger partial charge in [0.2, 0.25) is 5.95 Å². The molecule has 1 aliphatic heterocycles. The van der Waals surface area contributed by atoms with Crippen LogP contribution in [0.2, 0.25) is 0 Å². The topological polar surface area (TPSA) is 66.8 Å². The van der Waals surface area contributed by atoms with Gasteiger partial charge in [-0.15, -0.1) is 0 Å². The zero-order valence-electron chi connectivity index (χ0n) is 15.3. The van der Waals surface area contributed by atoms with Crippen LogP contribution in [-0.4, -0.2) is 37.9 Å². The molecule has 0 amide bonds. The van der Waals surface area contributed by atoms with Crippen molar-refractivity contribution in [3.63, 3.8) is 0 Å². The summed E-state index contributed by atoms with van der Waals surface area (Å²) < 4.78 is 0. The minimum Gasteiger partial charge on any atom is -0.350 e. The van der Waals surface area contributed by atoms with Gasteiger partial charge in [-0.1, -0.05) is 30.3 Å². The molecular formula is C21H24N6. The monoisotopic (exact) mass is 360 g/mol. The van der Waals surface area contributed by atoms with Gasteiger partial charge in [0.25, 0.3) is 0 Å². The number of piperidine rings is 1. The van der Waals surface area contributed by atoms with Crippen molar-refractivity contribution in [3.05, 3.63) is 78.1 Å². The van der Waals surface area contributed by atoms with Crippen molar-refractivity contribution in [1.29, 1.82) is 0 Å². The van der Waals surface area contributed by atoms with E-state index in [9.17, 15) is 0 Å². The Hall–Kier alpha value is -2.86. The van der Waals surface area contributed by atoms with Crippen LogP contribution in [0.25, 0.3) is 0 Å². The van der Waals surface area contributed by atoms with E-state index in [0.717, 1.165) is 37.4 Å². The molecule has 1 atom stereocenters. The van der Waals surface area contributed by atoms with E-state index in [0.29, 0.717) is 11.9 Å². The van der Waals surface area contributed by atoms with Crippen molar-refractivity contribution in [2.75, 3.05) is 18.4 Å². The highest BCUT2D eigenvalue weighted by molar-refractivity contribution is 5.28. The molecule has 6 heteroatoms. The second kappa shape index (κ2) is 8.68. The molecule has 1 aliphatic rings. The lowest BCUT2D eigenvalue weighted by Crippen LogP contribution is -2.34. The highest BCUT2D eigenvalue weighted by Crippen LogP contribution is 2.25. The van der Waals surface area contributed by atoms with Crippen LogP contribution in [0.4, 0.5) is 5.95 Å². The van der Waals surface area contributed by atoms with Crippen molar-refractivity contribution in [2.24, 2.45) is 0 Å². The van der Waals surface area contributed by atoms with Gasteiger partial charge in [0.15, 0.2) is 0 Å². The standard InChI is InChI=1S/C21H24N6/c1-2-5-17(6-3-1)11-23-21-24-12-18(13-25-21)14-27-10-4-7-19(15-27)20-8-9-22-16-26-20/h1-3,5-6,8-9,12-13,16,19H,4,7,10-11,14-15H2,(H,23,24,25)/t19-/m1/s1. The van der Waals surface area contributed by atoms with Crippen LogP contribution < -0.4 is 5.32 Å². The molecule has 3 aromatic rings. The van der Waals surface area contributed by atoms with Crippen molar-refractivity contribution in [2.45, 2.75) is 31.8 Å². The van der Waals surface area contributed by atoms with Crippen molar-refractivity contribution >= 4 is 5.95 Å². The number of likely N-dealkylation sites (tertiary alicyclic amines) is 1. The molecule has 3 heterocycles. The van der Waals surface area contributed by atoms with E-state index in [1.54, 1.807) is 6.33 Å². The summed E-state index contributed by atoms with van der Waals surface area (Å²) in [6.07, 6.45) is 9.70. The Morgan fingerprint density at radius 1 is 1.00 bits per heavy atom. The first-order chi connectivity index (χ1) is 13.4. The molecule has 1 fully saturated rings. The van der Waals surface area contributed by atoms with E-state index in [-0.39, 0.29) is 0 Å². The van der Waals surface area contributed by atoms with Gasteiger partial charge >= 0.3 is 0 Å². The highest BCUT2D eigenvalue weighted by atomic mass is 15.1. The van der Waals surface area contributed by atoms with Crippen LogP contribution in [0.3, 0.4) is 0 Å². The summed E-state index contributed by atoms with van der Waals surface area (Å²) in [5, 5.41) is 3.27. The minimum absolute atomic E-state index is 0.481. The Balaban J connectivity index is 1.31. The highest BCUT2D eigenvalue weighted by Gasteiger charge is 2.22. The maximum Gasteiger partial charge on any atom is 0.222 e. The largest absolute Gasteiger partial charge is 0.350 e. The Kier molecular flexibility index (Phi) is 5.64. The van der Waals surface area contributed by atoms with Gasteiger partial charge in [0.05, 0.1) is 0 Å². The number of benzene rings is 1. The first-order valence-electron chi connectivity index (χ1n) is 9.44. The first-order valence-corrected chi connectivity index (χ1v) is 9.44. The zero-order chi connectivity index (χ0) is 18.3. The average Bonchev–Trinajstić information content (AvgIpc) is 2.75. The maximum atomic E-state index is 4.47. The molecule has 27 heavy (non-hydrogen) atoms. The number of rotatable bonds is 6. The fraction of sp³-hybridized carbons (Fsp3) is 0.333. The summed E-state index contributed by atoms with van der Waals surface area (Å²) >= 11 is 0. The van der Waals surface area contributed by atoms with E-state index in [1.165, 1.54) is 18.4 Å². The molecule has 0 unspecified atom stereocenters. The Labute approximate surface area is 159 Å². The van der Waals surface area contributed by atoms with Gasteiger partial charge in [0.1, 0.15) is 6.33 Å². The smallest absolute Gasteiger partial charge is 0.222 e. The van der Waals surface area contributed by atoms with Crippen LogP contribution in [-0.2, 0) is 13.1 Å². The third-order valence-corrected chi connectivity index (χ3v) is 4.93. The van der Waals surface area contributed by atoms with Gasteiger partial charge in [-0.2, -0.15) is 0 Å². The molecule has 0 aliphatic carbocycles. The van der Waals surface area contributed by atoms with Crippen molar-refractivity contribution < 1.29 is 0 Å². The summed E-state index contributed by atoms with van der Waals surface area (Å²) in [5.74, 6) is 1.15. The molecule has 0 spiro atoms. The SMILES string of the molecule is c1ccc(CNc2ncc(CN3CCC[C@@H](c4ccncn4)C3)cn2)cc1. The van der Waals surface area contributed by atoms with Crippen LogP contribution in [0, 0.1) is 0 Å². The number of hydrogen-bond acceptors (Lipinski definition) is 6. The molecule has 1 N–H and O–H groups in total. The lowest BCUT2D eigenvalue weighted by molar-refractivity contribution is 0.198. The Morgan fingerprint density at radius 3 is 2.63 bits per heavy atom. The summed E-state index contributed by atoms with van der Waals surface area (Å²) in [7, 11) is 0. The summed E-state index contributed by atoms with van der Waals surface area (Å²) in [5.41, 5.74) is 3.50. The predicted octanol–water partition coefficient (Wildman–Crippen LogP) is 3.26. The minimum atomic E-state index is 0.481. The van der Waals surface area contributed by atoms with Crippen LogP contribution in [0.15, 0.2) is 61.3 Å². The Morgan fingerprint density at radius 2 is 1.85 bits per heavy atom. The zero-order valence-corrected chi connectivity index (χ0v) is 15.3. The van der Waals surface area contributed by atoms with Gasteiger partial charge in [-0.3, -0.25) is 4.90 Å². The Bertz CT molecular complexity index is 822. The van der Waals surface area contributed by atoms with E-state index in [2.05, 4.69) is 42.3 Å². The van der Waals surface area contributed by atoms with Crippen molar-refractivity contribution in [1.82, 2.24) is 24.8 Å². The number of anilines is 1. The van der Waals surface area contributed by atoms with Gasteiger partial charge < -0.3 is 5.32 Å². The lowest BCUT2D eigenvalue weighted by atomic mass is 9.94. The molecule has 0 saturated carbocycles. The van der Waals surface area contributed by atoms with E-state index in [1.807, 2.05) is 42.9 Å². The van der Waals surface area contributed by atoms with Gasteiger partial charge in [0, 0.05) is 55.4 Å². The third-order valence-electron chi connectivity index (χ3n) is 4.93. The molecule has 0 radical (unpaired) electrons. The van der Waals surface area contributed by atoms with Gasteiger partial charge in [-0.25, -0.2) is 19.9 Å². The van der Waals surface area contributed by atoms with Crippen molar-refractivity contribution in [3.8, 4) is 0 Å². The second-order valence-electron chi connectivity index (χ2n) is 6.96. The normalized spacial score (nSPS) is 17.6. The van der Waals surface area contributed by atoms with E-state index in [4.69, 9.17) is 0 Å². The summed E-state index contributed by atoms with van der Waals surface area (Å²) in [6.45, 7) is 3.73. The van der Waals surface area contributed by atoms with Gasteiger partial charge in [-0.05, 0) is 31.0 Å². The molecule has 1 aromatic carbocycles. The molecule has 4 rings (SSSR count). The number of hydrogen-bond donors (Lipinski definition) is 1. The van der Waals surface area contributed by atoms with E-state index < -0.39 is 0 Å². The molecule has 6 nitrogen and oxygen atoms in total. The fourth-order valence-electron chi connectivity index (χ4n) is 3.55. The van der Waals surface area contributed by atoms with Crippen LogP contribution in [0.5, 0.6) is 0 Å². The van der Waals surface area contributed by atoms with E-state index >= 15 is 0 Å². The fourth-order valence-corrected chi connectivity index (χ4v) is 3.55. The quantitative estimate of drug-likeness (QED) is 0.728. The first kappa shape index (κ1) is 17.5. The third kappa shape index (κ3) is 4.86. The molecule has 0 bridgehead atoms. The molecule has 2 aromatic heterocycles.